The smallest absolute Gasteiger partial charge is 0.274 e. The van der Waals surface area contributed by atoms with E-state index in [2.05, 4.69) is 0 Å². The number of benzene rings is 1. The minimum atomic E-state index is -0.408. The van der Waals surface area contributed by atoms with Crippen LogP contribution in [0.2, 0.25) is 0 Å². The topological polar surface area (TPSA) is 69.4 Å². The van der Waals surface area contributed by atoms with E-state index in [4.69, 9.17) is 9.53 Å². The molecule has 76 valence electrons. The van der Waals surface area contributed by atoms with Crippen LogP contribution in [-0.2, 0) is 16.1 Å². The standard InChI is InChI=1S/C8H9NO3.CH2O/c1-12-6-7-4-2-3-5-8(7)9(10)11;1-2/h2-5H,6H2,1H3;1H2. The summed E-state index contributed by atoms with van der Waals surface area (Å²) in [6.07, 6.45) is 0. The van der Waals surface area contributed by atoms with E-state index in [0.29, 0.717) is 5.56 Å². The van der Waals surface area contributed by atoms with E-state index in [1.54, 1.807) is 18.2 Å². The molecule has 0 aliphatic heterocycles. The molecule has 0 heterocycles. The van der Waals surface area contributed by atoms with Crippen molar-refractivity contribution >= 4 is 12.5 Å². The van der Waals surface area contributed by atoms with Crippen LogP contribution in [-0.4, -0.2) is 18.8 Å². The van der Waals surface area contributed by atoms with Crippen LogP contribution in [0, 0.1) is 10.1 Å². The van der Waals surface area contributed by atoms with Crippen molar-refractivity contribution in [3.8, 4) is 0 Å². The monoisotopic (exact) mass is 197 g/mol. The molecule has 0 atom stereocenters. The van der Waals surface area contributed by atoms with E-state index in [1.165, 1.54) is 13.2 Å². The number of hydrogen-bond acceptors (Lipinski definition) is 4. The van der Waals surface area contributed by atoms with Gasteiger partial charge >= 0.3 is 0 Å². The summed E-state index contributed by atoms with van der Waals surface area (Å²) < 4.78 is 4.81. The molecule has 0 aromatic heterocycles. The zero-order chi connectivity index (χ0) is 11.0. The van der Waals surface area contributed by atoms with Gasteiger partial charge in [0.05, 0.1) is 17.1 Å². The maximum absolute atomic E-state index is 10.4. The number of para-hydroxylation sites is 1. The Bertz CT molecular complexity index is 301. The van der Waals surface area contributed by atoms with E-state index >= 15 is 0 Å². The summed E-state index contributed by atoms with van der Waals surface area (Å²) in [5.74, 6) is 0. The Morgan fingerprint density at radius 2 is 2.00 bits per heavy atom. The molecule has 5 heteroatoms. The third-order valence-electron chi connectivity index (χ3n) is 1.49. The number of methoxy groups -OCH3 is 1. The Morgan fingerprint density at radius 1 is 1.43 bits per heavy atom. The molecule has 5 nitrogen and oxygen atoms in total. The lowest BCUT2D eigenvalue weighted by atomic mass is 10.2. The molecule has 0 radical (unpaired) electrons. The highest BCUT2D eigenvalue weighted by Gasteiger charge is 2.10. The number of carbonyl (C=O) groups excluding carboxylic acids is 1. The van der Waals surface area contributed by atoms with Gasteiger partial charge in [0.1, 0.15) is 6.79 Å². The van der Waals surface area contributed by atoms with Gasteiger partial charge in [-0.25, -0.2) is 0 Å². The van der Waals surface area contributed by atoms with Gasteiger partial charge in [0.25, 0.3) is 5.69 Å². The molecule has 1 aromatic rings. The molecule has 0 N–H and O–H groups in total. The fourth-order valence-corrected chi connectivity index (χ4v) is 0.966. The van der Waals surface area contributed by atoms with Crippen LogP contribution >= 0.6 is 0 Å². The highest BCUT2D eigenvalue weighted by Crippen LogP contribution is 2.17. The van der Waals surface area contributed by atoms with Crippen molar-refractivity contribution < 1.29 is 14.5 Å². The molecular weight excluding hydrogens is 186 g/mol. The third kappa shape index (κ3) is 3.32. The lowest BCUT2D eigenvalue weighted by molar-refractivity contribution is -0.385. The fraction of sp³-hybridized carbons (Fsp3) is 0.222. The maximum Gasteiger partial charge on any atom is 0.274 e. The first-order chi connectivity index (χ1) is 6.75. The number of hydrogen-bond donors (Lipinski definition) is 0. The van der Waals surface area contributed by atoms with Gasteiger partial charge in [-0.2, -0.15) is 0 Å². The van der Waals surface area contributed by atoms with Crippen molar-refractivity contribution in [2.75, 3.05) is 7.11 Å². The normalized spacial score (nSPS) is 8.64. The van der Waals surface area contributed by atoms with E-state index in [-0.39, 0.29) is 12.3 Å². The van der Waals surface area contributed by atoms with Gasteiger partial charge in [-0.3, -0.25) is 10.1 Å². The lowest BCUT2D eigenvalue weighted by Gasteiger charge is -1.99. The molecule has 0 aliphatic rings. The zero-order valence-electron chi connectivity index (χ0n) is 7.80. The van der Waals surface area contributed by atoms with Crippen molar-refractivity contribution in [3.05, 3.63) is 39.9 Å². The molecule has 0 aliphatic carbocycles. The molecule has 1 rings (SSSR count). The molecular formula is C9H11NO4. The van der Waals surface area contributed by atoms with Gasteiger partial charge in [-0.15, -0.1) is 0 Å². The molecule has 0 unspecified atom stereocenters. The molecule has 1 aromatic carbocycles. The number of nitro benzene ring substituents is 1. The Hall–Kier alpha value is -1.75. The minimum absolute atomic E-state index is 0.111. The Kier molecular flexibility index (Phi) is 5.89. The molecule has 0 fully saturated rings. The quantitative estimate of drug-likeness (QED) is 0.544. The van der Waals surface area contributed by atoms with Crippen LogP contribution in [0.4, 0.5) is 5.69 Å². The van der Waals surface area contributed by atoms with Gasteiger partial charge in [0, 0.05) is 13.2 Å². The number of ether oxygens (including phenoxy) is 1. The zero-order valence-corrected chi connectivity index (χ0v) is 7.80. The predicted molar refractivity (Wildman–Crippen MR) is 50.9 cm³/mol. The predicted octanol–water partition coefficient (Wildman–Crippen LogP) is 1.56. The fourth-order valence-electron chi connectivity index (χ4n) is 0.966. The van der Waals surface area contributed by atoms with Crippen molar-refractivity contribution in [1.82, 2.24) is 0 Å². The summed E-state index contributed by atoms with van der Waals surface area (Å²) in [5.41, 5.74) is 0.712. The van der Waals surface area contributed by atoms with Crippen molar-refractivity contribution in [1.29, 1.82) is 0 Å². The largest absolute Gasteiger partial charge is 0.380 e. The lowest BCUT2D eigenvalue weighted by Crippen LogP contribution is -1.95. The van der Waals surface area contributed by atoms with Crippen molar-refractivity contribution in [3.63, 3.8) is 0 Å². The second-order valence-electron chi connectivity index (χ2n) is 2.32. The van der Waals surface area contributed by atoms with Gasteiger partial charge in [0.2, 0.25) is 0 Å². The first kappa shape index (κ1) is 12.2. The highest BCUT2D eigenvalue weighted by atomic mass is 16.6. The number of carbonyl (C=O) groups is 1. The van der Waals surface area contributed by atoms with Gasteiger partial charge < -0.3 is 9.53 Å². The van der Waals surface area contributed by atoms with E-state index in [9.17, 15) is 10.1 Å². The summed E-state index contributed by atoms with van der Waals surface area (Å²) in [5, 5.41) is 10.4. The average molecular weight is 197 g/mol. The summed E-state index contributed by atoms with van der Waals surface area (Å²) in [6, 6.07) is 6.54. The molecule has 0 amide bonds. The molecule has 14 heavy (non-hydrogen) atoms. The Balaban J connectivity index is 0.000000791. The molecule has 0 bridgehead atoms. The van der Waals surface area contributed by atoms with Crippen LogP contribution in [0.25, 0.3) is 0 Å². The van der Waals surface area contributed by atoms with Crippen LogP contribution in [0.15, 0.2) is 24.3 Å². The summed E-state index contributed by atoms with van der Waals surface area (Å²) in [7, 11) is 1.51. The average Bonchev–Trinajstić information content (AvgIpc) is 2.22. The summed E-state index contributed by atoms with van der Waals surface area (Å²) in [4.78, 5) is 18.0. The van der Waals surface area contributed by atoms with Crippen LogP contribution in [0.1, 0.15) is 5.56 Å². The number of nitrogens with zero attached hydrogens (tertiary/aromatic N) is 1. The molecule has 0 spiro atoms. The number of nitro groups is 1. The first-order valence-electron chi connectivity index (χ1n) is 3.76. The van der Waals surface area contributed by atoms with Crippen molar-refractivity contribution in [2.45, 2.75) is 6.61 Å². The van der Waals surface area contributed by atoms with Crippen molar-refractivity contribution in [2.24, 2.45) is 0 Å². The second-order valence-corrected chi connectivity index (χ2v) is 2.32. The first-order valence-corrected chi connectivity index (χ1v) is 3.76. The summed E-state index contributed by atoms with van der Waals surface area (Å²) >= 11 is 0. The van der Waals surface area contributed by atoms with Crippen LogP contribution in [0.5, 0.6) is 0 Å². The Labute approximate surface area is 81.5 Å². The second kappa shape index (κ2) is 6.73. The third-order valence-corrected chi connectivity index (χ3v) is 1.49. The van der Waals surface area contributed by atoms with Gasteiger partial charge in [0.15, 0.2) is 0 Å². The SMILES string of the molecule is C=O.COCc1ccccc1[N+](=O)[O-]. The molecule has 0 saturated carbocycles. The molecule has 0 saturated heterocycles. The number of rotatable bonds is 3. The van der Waals surface area contributed by atoms with E-state index < -0.39 is 4.92 Å². The van der Waals surface area contributed by atoms with Crippen LogP contribution in [0.3, 0.4) is 0 Å². The maximum atomic E-state index is 10.4. The Morgan fingerprint density at radius 3 is 2.50 bits per heavy atom. The van der Waals surface area contributed by atoms with Gasteiger partial charge in [-0.1, -0.05) is 12.1 Å². The minimum Gasteiger partial charge on any atom is -0.380 e. The van der Waals surface area contributed by atoms with Gasteiger partial charge in [-0.05, 0) is 6.07 Å². The van der Waals surface area contributed by atoms with E-state index in [0.717, 1.165) is 0 Å². The highest BCUT2D eigenvalue weighted by molar-refractivity contribution is 5.39. The summed E-state index contributed by atoms with van der Waals surface area (Å²) in [6.45, 7) is 2.27. The van der Waals surface area contributed by atoms with Crippen LogP contribution < -0.4 is 0 Å². The van der Waals surface area contributed by atoms with E-state index in [1.807, 2.05) is 6.79 Å².